The van der Waals surface area contributed by atoms with E-state index in [1.807, 2.05) is 60.7 Å². The second-order valence-corrected chi connectivity index (χ2v) is 12.1. The smallest absolute Gasteiger partial charge is 0.338 e. The van der Waals surface area contributed by atoms with Crippen LogP contribution in [0.1, 0.15) is 61.9 Å². The molecule has 222 valence electrons. The number of benzene rings is 4. The summed E-state index contributed by atoms with van der Waals surface area (Å²) in [4.78, 5) is 32.4. The molecule has 2 heterocycles. The van der Waals surface area contributed by atoms with E-state index in [-0.39, 0.29) is 12.2 Å². The van der Waals surface area contributed by atoms with Crippen LogP contribution in [-0.2, 0) is 16.1 Å². The summed E-state index contributed by atoms with van der Waals surface area (Å²) in [5, 5.41) is 2.34. The summed E-state index contributed by atoms with van der Waals surface area (Å²) in [5.41, 5.74) is 4.69. The van der Waals surface area contributed by atoms with Crippen molar-refractivity contribution in [2.24, 2.45) is 4.99 Å². The molecule has 1 atom stereocenters. The molecule has 0 fully saturated rings. The summed E-state index contributed by atoms with van der Waals surface area (Å²) >= 11 is 1.31. The molecule has 0 radical (unpaired) electrons. The molecule has 0 unspecified atom stereocenters. The van der Waals surface area contributed by atoms with Gasteiger partial charge in [0, 0.05) is 0 Å². The molecule has 0 aliphatic carbocycles. The zero-order valence-electron chi connectivity index (χ0n) is 25.2. The van der Waals surface area contributed by atoms with E-state index in [2.05, 4.69) is 50.2 Å². The Morgan fingerprint density at radius 1 is 1.00 bits per heavy atom. The van der Waals surface area contributed by atoms with Gasteiger partial charge in [0.15, 0.2) is 4.80 Å². The Morgan fingerprint density at radius 2 is 1.75 bits per heavy atom. The number of fused-ring (bicyclic) bond motifs is 2. The fraction of sp³-hybridized carbons (Fsp3) is 0.216. The van der Waals surface area contributed by atoms with Crippen LogP contribution < -0.4 is 19.6 Å². The van der Waals surface area contributed by atoms with Crippen molar-refractivity contribution in [3.8, 4) is 5.75 Å². The lowest BCUT2D eigenvalue weighted by Gasteiger charge is -2.25. The average Bonchev–Trinajstić information content (AvgIpc) is 3.33. The van der Waals surface area contributed by atoms with Gasteiger partial charge in [0.1, 0.15) is 12.4 Å². The van der Waals surface area contributed by atoms with Crippen molar-refractivity contribution < 1.29 is 14.3 Å². The molecule has 0 spiro atoms. The van der Waals surface area contributed by atoms with Crippen molar-refractivity contribution in [1.82, 2.24) is 4.57 Å². The minimum absolute atomic E-state index is 0.205. The number of esters is 1. The molecule has 1 aliphatic heterocycles. The van der Waals surface area contributed by atoms with Gasteiger partial charge in [-0.1, -0.05) is 104 Å². The Balaban J connectivity index is 1.36. The van der Waals surface area contributed by atoms with Crippen LogP contribution in [0.25, 0.3) is 16.8 Å². The second-order valence-electron chi connectivity index (χ2n) is 11.1. The van der Waals surface area contributed by atoms with E-state index in [9.17, 15) is 9.59 Å². The van der Waals surface area contributed by atoms with E-state index in [1.165, 1.54) is 22.3 Å². The lowest BCUT2D eigenvalue weighted by Crippen LogP contribution is -2.39. The Morgan fingerprint density at radius 3 is 2.52 bits per heavy atom. The molecule has 0 saturated heterocycles. The van der Waals surface area contributed by atoms with E-state index >= 15 is 0 Å². The number of ether oxygens (including phenoxy) is 2. The zero-order valence-corrected chi connectivity index (χ0v) is 26.1. The lowest BCUT2D eigenvalue weighted by molar-refractivity contribution is -0.139. The highest BCUT2D eigenvalue weighted by atomic mass is 32.1. The standard InChI is InChI=1S/C37H34N2O4S/c1-5-42-36(41)33-24(4)38-37-39(34(33)28-18-16-26(17-19-28)23(2)3)35(40)32(44-37)21-25-10-8-14-30(20-25)43-22-29-13-9-12-27-11-6-7-15-31(27)29/h6-21,23,34H,5,22H2,1-4H3/b32-21-/t34-/m1/s1. The normalized spacial score (nSPS) is 14.9. The van der Waals surface area contributed by atoms with Gasteiger partial charge in [-0.05, 0) is 71.0 Å². The zero-order chi connectivity index (χ0) is 30.8. The van der Waals surface area contributed by atoms with Crippen LogP contribution in [0.4, 0.5) is 0 Å². The molecule has 6 nitrogen and oxygen atoms in total. The molecule has 0 amide bonds. The molecular weight excluding hydrogens is 568 g/mol. The van der Waals surface area contributed by atoms with Gasteiger partial charge in [-0.15, -0.1) is 0 Å². The van der Waals surface area contributed by atoms with Crippen molar-refractivity contribution in [3.63, 3.8) is 0 Å². The fourth-order valence-corrected chi connectivity index (χ4v) is 6.64. The number of rotatable bonds is 8. The maximum Gasteiger partial charge on any atom is 0.338 e. The molecule has 4 aromatic carbocycles. The van der Waals surface area contributed by atoms with Gasteiger partial charge in [-0.25, -0.2) is 9.79 Å². The molecule has 1 aromatic heterocycles. The Labute approximate surface area is 260 Å². The summed E-state index contributed by atoms with van der Waals surface area (Å²) < 4.78 is 13.8. The highest BCUT2D eigenvalue weighted by molar-refractivity contribution is 7.07. The monoisotopic (exact) mass is 602 g/mol. The number of carbonyl (C=O) groups is 1. The van der Waals surface area contributed by atoms with Crippen molar-refractivity contribution in [2.45, 2.75) is 46.3 Å². The largest absolute Gasteiger partial charge is 0.489 e. The van der Waals surface area contributed by atoms with Gasteiger partial charge in [0.25, 0.3) is 5.56 Å². The first-order chi connectivity index (χ1) is 21.3. The maximum absolute atomic E-state index is 14.0. The number of aromatic nitrogens is 1. The van der Waals surface area contributed by atoms with Gasteiger partial charge in [-0.2, -0.15) is 0 Å². The minimum atomic E-state index is -0.635. The van der Waals surface area contributed by atoms with E-state index in [0.29, 0.717) is 38.9 Å². The first kappa shape index (κ1) is 29.3. The topological polar surface area (TPSA) is 69.9 Å². The summed E-state index contributed by atoms with van der Waals surface area (Å²) in [5.74, 6) is 0.611. The van der Waals surface area contributed by atoms with Gasteiger partial charge >= 0.3 is 5.97 Å². The van der Waals surface area contributed by atoms with Crippen molar-refractivity contribution in [1.29, 1.82) is 0 Å². The van der Waals surface area contributed by atoms with E-state index < -0.39 is 12.0 Å². The molecule has 6 rings (SSSR count). The van der Waals surface area contributed by atoms with Crippen LogP contribution >= 0.6 is 11.3 Å². The van der Waals surface area contributed by atoms with E-state index in [0.717, 1.165) is 22.1 Å². The molecule has 44 heavy (non-hydrogen) atoms. The summed E-state index contributed by atoms with van der Waals surface area (Å²) in [6.45, 7) is 8.51. The van der Waals surface area contributed by atoms with Gasteiger partial charge in [0.05, 0.1) is 28.5 Å². The van der Waals surface area contributed by atoms with Crippen LogP contribution in [0.3, 0.4) is 0 Å². The van der Waals surface area contributed by atoms with Gasteiger partial charge in [-0.3, -0.25) is 9.36 Å². The number of hydrogen-bond acceptors (Lipinski definition) is 6. The second kappa shape index (κ2) is 12.5. The number of nitrogens with zero attached hydrogens (tertiary/aromatic N) is 2. The minimum Gasteiger partial charge on any atom is -0.489 e. The Bertz CT molecular complexity index is 2060. The third kappa shape index (κ3) is 5.75. The molecule has 0 N–H and O–H groups in total. The van der Waals surface area contributed by atoms with Crippen LogP contribution in [0.5, 0.6) is 5.75 Å². The van der Waals surface area contributed by atoms with Gasteiger partial charge in [0.2, 0.25) is 0 Å². The third-order valence-electron chi connectivity index (χ3n) is 7.87. The number of thiazole rings is 1. The predicted molar refractivity (Wildman–Crippen MR) is 176 cm³/mol. The SMILES string of the molecule is CCOC(=O)C1=C(C)N=c2s/c(=C\c3cccc(OCc4cccc5ccccc45)c3)c(=O)n2[C@@H]1c1ccc(C(C)C)cc1. The molecular formula is C37H34N2O4S. The number of carbonyl (C=O) groups excluding carboxylic acids is 1. The van der Waals surface area contributed by atoms with Crippen molar-refractivity contribution in [2.75, 3.05) is 6.61 Å². The highest BCUT2D eigenvalue weighted by Crippen LogP contribution is 2.31. The van der Waals surface area contributed by atoms with Crippen LogP contribution in [-0.4, -0.2) is 17.1 Å². The number of hydrogen-bond donors (Lipinski definition) is 0. The molecule has 0 bridgehead atoms. The maximum atomic E-state index is 14.0. The molecule has 5 aromatic rings. The highest BCUT2D eigenvalue weighted by Gasteiger charge is 2.33. The predicted octanol–water partition coefficient (Wildman–Crippen LogP) is 6.65. The van der Waals surface area contributed by atoms with Gasteiger partial charge < -0.3 is 9.47 Å². The third-order valence-corrected chi connectivity index (χ3v) is 8.85. The van der Waals surface area contributed by atoms with Crippen LogP contribution in [0, 0.1) is 0 Å². The van der Waals surface area contributed by atoms with E-state index in [4.69, 9.17) is 14.5 Å². The van der Waals surface area contributed by atoms with Crippen molar-refractivity contribution >= 4 is 34.2 Å². The molecule has 7 heteroatoms. The molecule has 0 saturated carbocycles. The first-order valence-corrected chi connectivity index (χ1v) is 15.6. The first-order valence-electron chi connectivity index (χ1n) is 14.8. The average molecular weight is 603 g/mol. The lowest BCUT2D eigenvalue weighted by atomic mass is 9.93. The summed E-state index contributed by atoms with van der Waals surface area (Å²) in [6.07, 6.45) is 1.86. The van der Waals surface area contributed by atoms with Crippen LogP contribution in [0.15, 0.2) is 112 Å². The van der Waals surface area contributed by atoms with E-state index in [1.54, 1.807) is 18.4 Å². The fourth-order valence-electron chi connectivity index (χ4n) is 5.60. The quantitative estimate of drug-likeness (QED) is 0.187. The Hall–Kier alpha value is -4.75. The van der Waals surface area contributed by atoms with Crippen molar-refractivity contribution in [3.05, 3.63) is 144 Å². The van der Waals surface area contributed by atoms with Crippen LogP contribution in [0.2, 0.25) is 0 Å². The summed E-state index contributed by atoms with van der Waals surface area (Å²) in [6, 6.07) is 29.6. The number of allylic oxidation sites excluding steroid dienone is 1. The molecule has 1 aliphatic rings. The summed E-state index contributed by atoms with van der Waals surface area (Å²) in [7, 11) is 0. The Kier molecular flexibility index (Phi) is 8.31.